The van der Waals surface area contributed by atoms with E-state index in [-0.39, 0.29) is 10.8 Å². The molecule has 0 aromatic carbocycles. The summed E-state index contributed by atoms with van der Waals surface area (Å²) in [7, 11) is 1.65. The molecular weight excluding hydrogens is 250 g/mol. The van der Waals surface area contributed by atoms with Crippen LogP contribution in [0.2, 0.25) is 0 Å². The lowest BCUT2D eigenvalue weighted by Crippen LogP contribution is -2.13. The summed E-state index contributed by atoms with van der Waals surface area (Å²) in [6, 6.07) is 3.59. The number of hydrogen-bond donors (Lipinski definition) is 1. The third kappa shape index (κ3) is 2.33. The molecule has 0 atom stereocenters. The van der Waals surface area contributed by atoms with Gasteiger partial charge in [-0.3, -0.25) is 9.59 Å². The Hall–Kier alpha value is -1.95. The Balaban J connectivity index is 2.24. The number of nitrogens with zero attached hydrogens (tertiary/aromatic N) is 2. The van der Waals surface area contributed by atoms with Gasteiger partial charge in [-0.2, -0.15) is 0 Å². The number of aromatic nitrogens is 2. The minimum Gasteiger partial charge on any atom is -0.306 e. The Bertz CT molecular complexity index is 640. The van der Waals surface area contributed by atoms with Crippen LogP contribution in [0.4, 0.5) is 5.82 Å². The van der Waals surface area contributed by atoms with Crippen LogP contribution in [0.5, 0.6) is 0 Å². The number of rotatable bonds is 2. The maximum atomic E-state index is 12.0. The molecule has 5 nitrogen and oxygen atoms in total. The summed E-state index contributed by atoms with van der Waals surface area (Å²) in [5.74, 6) is 0.181. The van der Waals surface area contributed by atoms with Crippen LogP contribution in [-0.2, 0) is 7.05 Å². The first-order valence-electron chi connectivity index (χ1n) is 5.39. The van der Waals surface area contributed by atoms with Crippen molar-refractivity contribution in [1.29, 1.82) is 0 Å². The fourth-order valence-electron chi connectivity index (χ4n) is 1.44. The van der Waals surface area contributed by atoms with Crippen LogP contribution < -0.4 is 10.2 Å². The lowest BCUT2D eigenvalue weighted by Gasteiger charge is -2.03. The number of thiazole rings is 1. The van der Waals surface area contributed by atoms with E-state index in [0.717, 1.165) is 16.9 Å². The maximum Gasteiger partial charge on any atom is 0.307 e. The highest BCUT2D eigenvalue weighted by Gasteiger charge is 2.16. The van der Waals surface area contributed by atoms with Crippen molar-refractivity contribution in [2.45, 2.75) is 13.8 Å². The monoisotopic (exact) mass is 263 g/mol. The molecular formula is C12H13N3O2S. The fraction of sp³-hybridized carbons (Fsp3) is 0.250. The summed E-state index contributed by atoms with van der Waals surface area (Å²) in [6.07, 6.45) is 1.68. The molecule has 0 unspecified atom stereocenters. The molecule has 2 aromatic rings. The topological polar surface area (TPSA) is 64.0 Å². The van der Waals surface area contributed by atoms with E-state index < -0.39 is 0 Å². The van der Waals surface area contributed by atoms with Gasteiger partial charge in [0.2, 0.25) is 0 Å². The van der Waals surface area contributed by atoms with Crippen LogP contribution in [0.3, 0.4) is 0 Å². The van der Waals surface area contributed by atoms with Crippen molar-refractivity contribution in [2.75, 3.05) is 5.32 Å². The molecule has 6 heteroatoms. The molecule has 0 bridgehead atoms. The smallest absolute Gasteiger partial charge is 0.306 e. The van der Waals surface area contributed by atoms with Crippen LogP contribution >= 0.6 is 11.3 Å². The second-order valence-electron chi connectivity index (χ2n) is 4.02. The number of pyridine rings is 1. The molecule has 0 fully saturated rings. The fourth-order valence-corrected chi connectivity index (χ4v) is 2.32. The Kier molecular flexibility index (Phi) is 3.29. The van der Waals surface area contributed by atoms with E-state index in [1.54, 1.807) is 26.2 Å². The van der Waals surface area contributed by atoms with Gasteiger partial charge in [-0.05, 0) is 25.5 Å². The molecule has 0 spiro atoms. The van der Waals surface area contributed by atoms with Crippen molar-refractivity contribution < 1.29 is 4.79 Å². The third-order valence-corrected chi connectivity index (χ3v) is 3.79. The number of carbonyl (C=O) groups excluding carboxylic acids is 1. The van der Waals surface area contributed by atoms with Gasteiger partial charge in [-0.25, -0.2) is 4.98 Å². The van der Waals surface area contributed by atoms with E-state index in [1.807, 2.05) is 13.0 Å². The zero-order valence-electron chi connectivity index (χ0n) is 10.4. The highest BCUT2D eigenvalue weighted by atomic mass is 32.1. The normalized spacial score (nSPS) is 10.4. The Labute approximate surface area is 108 Å². The molecule has 0 aliphatic rings. The quantitative estimate of drug-likeness (QED) is 0.897. The van der Waals surface area contributed by atoms with Gasteiger partial charge in [-0.15, -0.1) is 0 Å². The molecule has 0 saturated heterocycles. The molecule has 2 aromatic heterocycles. The second kappa shape index (κ2) is 4.73. The molecule has 0 saturated carbocycles. The molecule has 1 amide bonds. The zero-order chi connectivity index (χ0) is 13.3. The number of nitrogens with one attached hydrogen (secondary N) is 1. The summed E-state index contributed by atoms with van der Waals surface area (Å²) < 4.78 is 1.46. The minimum absolute atomic E-state index is 0.144. The van der Waals surface area contributed by atoms with Gasteiger partial charge in [0, 0.05) is 18.9 Å². The van der Waals surface area contributed by atoms with Crippen molar-refractivity contribution in [1.82, 2.24) is 9.55 Å². The van der Waals surface area contributed by atoms with Crippen molar-refractivity contribution >= 4 is 23.1 Å². The largest absolute Gasteiger partial charge is 0.307 e. The van der Waals surface area contributed by atoms with Crippen molar-refractivity contribution in [2.24, 2.45) is 7.05 Å². The predicted molar refractivity (Wildman–Crippen MR) is 71.2 cm³/mol. The molecule has 2 heterocycles. The predicted octanol–water partition coefficient (Wildman–Crippen LogP) is 1.71. The van der Waals surface area contributed by atoms with Crippen LogP contribution in [-0.4, -0.2) is 15.5 Å². The van der Waals surface area contributed by atoms with E-state index in [1.165, 1.54) is 4.57 Å². The summed E-state index contributed by atoms with van der Waals surface area (Å²) >= 11 is 0.939. The highest BCUT2D eigenvalue weighted by molar-refractivity contribution is 7.11. The van der Waals surface area contributed by atoms with Crippen LogP contribution in [0.25, 0.3) is 0 Å². The van der Waals surface area contributed by atoms with Crippen molar-refractivity contribution in [3.05, 3.63) is 44.1 Å². The highest BCUT2D eigenvalue weighted by Crippen LogP contribution is 2.13. The van der Waals surface area contributed by atoms with E-state index in [0.29, 0.717) is 16.4 Å². The molecule has 1 N–H and O–H groups in total. The first-order valence-corrected chi connectivity index (χ1v) is 6.21. The first-order chi connectivity index (χ1) is 8.49. The maximum absolute atomic E-state index is 12.0. The lowest BCUT2D eigenvalue weighted by atomic mass is 10.3. The Morgan fingerprint density at radius 2 is 2.11 bits per heavy atom. The van der Waals surface area contributed by atoms with Gasteiger partial charge >= 0.3 is 4.87 Å². The molecule has 2 rings (SSSR count). The SMILES string of the molecule is Cc1ccc(NC(=O)c2sc(=O)n(C)c2C)nc1. The second-order valence-corrected chi connectivity index (χ2v) is 4.98. The van der Waals surface area contributed by atoms with Gasteiger partial charge in [0.15, 0.2) is 0 Å². The standard InChI is InChI=1S/C12H13N3O2S/c1-7-4-5-9(13-6-7)14-11(16)10-8(2)15(3)12(17)18-10/h4-6H,1-3H3,(H,13,14,16). The van der Waals surface area contributed by atoms with Gasteiger partial charge in [0.05, 0.1) is 0 Å². The average Bonchev–Trinajstić information content (AvgIpc) is 2.60. The van der Waals surface area contributed by atoms with Crippen molar-refractivity contribution in [3.63, 3.8) is 0 Å². The lowest BCUT2D eigenvalue weighted by molar-refractivity contribution is 0.102. The average molecular weight is 263 g/mol. The molecule has 0 aliphatic heterocycles. The van der Waals surface area contributed by atoms with Gasteiger partial charge in [0.1, 0.15) is 10.7 Å². The van der Waals surface area contributed by atoms with E-state index in [9.17, 15) is 9.59 Å². The number of aryl methyl sites for hydroxylation is 1. The van der Waals surface area contributed by atoms with Gasteiger partial charge in [-0.1, -0.05) is 17.4 Å². The zero-order valence-corrected chi connectivity index (χ0v) is 11.2. The number of amides is 1. The van der Waals surface area contributed by atoms with Crippen LogP contribution in [0.1, 0.15) is 20.9 Å². The molecule has 0 radical (unpaired) electrons. The Morgan fingerprint density at radius 1 is 1.39 bits per heavy atom. The number of anilines is 1. The molecule has 94 valence electrons. The number of hydrogen-bond acceptors (Lipinski definition) is 4. The minimum atomic E-state index is -0.299. The van der Waals surface area contributed by atoms with E-state index in [4.69, 9.17) is 0 Å². The Morgan fingerprint density at radius 3 is 2.61 bits per heavy atom. The van der Waals surface area contributed by atoms with Crippen molar-refractivity contribution in [3.8, 4) is 0 Å². The summed E-state index contributed by atoms with van der Waals surface area (Å²) in [5, 5.41) is 2.67. The summed E-state index contributed by atoms with van der Waals surface area (Å²) in [5.41, 5.74) is 1.68. The summed E-state index contributed by atoms with van der Waals surface area (Å²) in [4.78, 5) is 27.8. The molecule has 0 aliphatic carbocycles. The summed E-state index contributed by atoms with van der Waals surface area (Å²) in [6.45, 7) is 3.67. The van der Waals surface area contributed by atoms with Crippen LogP contribution in [0.15, 0.2) is 23.1 Å². The molecule has 18 heavy (non-hydrogen) atoms. The van der Waals surface area contributed by atoms with Crippen LogP contribution in [0, 0.1) is 13.8 Å². The number of carbonyl (C=O) groups is 1. The van der Waals surface area contributed by atoms with Gasteiger partial charge in [0.25, 0.3) is 5.91 Å². The first kappa shape index (κ1) is 12.5. The van der Waals surface area contributed by atoms with Gasteiger partial charge < -0.3 is 9.88 Å². The third-order valence-electron chi connectivity index (χ3n) is 2.65. The van der Waals surface area contributed by atoms with E-state index >= 15 is 0 Å². The van der Waals surface area contributed by atoms with E-state index in [2.05, 4.69) is 10.3 Å².